The van der Waals surface area contributed by atoms with E-state index in [0.29, 0.717) is 18.8 Å². The highest BCUT2D eigenvalue weighted by molar-refractivity contribution is 5.82. The summed E-state index contributed by atoms with van der Waals surface area (Å²) in [7, 11) is 0. The van der Waals surface area contributed by atoms with E-state index >= 15 is 0 Å². The summed E-state index contributed by atoms with van der Waals surface area (Å²) in [6.07, 6.45) is 0.634. The normalized spacial score (nSPS) is 16.5. The number of hydrogen-bond acceptors (Lipinski definition) is 4. The van der Waals surface area contributed by atoms with E-state index in [2.05, 4.69) is 0 Å². The second kappa shape index (κ2) is 6.04. The van der Waals surface area contributed by atoms with Gasteiger partial charge in [0, 0.05) is 16.5 Å². The second-order valence-electron chi connectivity index (χ2n) is 5.98. The summed E-state index contributed by atoms with van der Waals surface area (Å²) < 4.78 is 17.0. The number of esters is 1. The molecule has 0 saturated carbocycles. The van der Waals surface area contributed by atoms with Gasteiger partial charge in [-0.25, -0.2) is 0 Å². The van der Waals surface area contributed by atoms with Gasteiger partial charge in [0.25, 0.3) is 0 Å². The Labute approximate surface area is 140 Å². The Morgan fingerprint density at radius 1 is 1.17 bits per heavy atom. The maximum absolute atomic E-state index is 12.5. The van der Waals surface area contributed by atoms with Gasteiger partial charge in [-0.3, -0.25) is 4.79 Å². The van der Waals surface area contributed by atoms with Gasteiger partial charge in [-0.15, -0.1) is 0 Å². The first-order valence-electron chi connectivity index (χ1n) is 8.09. The smallest absolute Gasteiger partial charge is 0.314 e. The van der Waals surface area contributed by atoms with Crippen LogP contribution in [-0.2, 0) is 16.1 Å². The molecule has 2 heterocycles. The molecule has 0 bridgehead atoms. The third-order valence-electron chi connectivity index (χ3n) is 4.53. The van der Waals surface area contributed by atoms with Crippen molar-refractivity contribution in [3.05, 3.63) is 65.4 Å². The van der Waals surface area contributed by atoms with E-state index in [0.717, 1.165) is 27.8 Å². The van der Waals surface area contributed by atoms with Crippen LogP contribution in [-0.4, -0.2) is 12.6 Å². The van der Waals surface area contributed by atoms with E-state index in [1.807, 2.05) is 55.5 Å². The highest BCUT2D eigenvalue weighted by Gasteiger charge is 2.29. The highest BCUT2D eigenvalue weighted by atomic mass is 16.5. The molecule has 122 valence electrons. The van der Waals surface area contributed by atoms with Crippen molar-refractivity contribution in [2.45, 2.75) is 25.9 Å². The van der Waals surface area contributed by atoms with Crippen molar-refractivity contribution in [2.75, 3.05) is 6.61 Å². The minimum Gasteiger partial charge on any atom is -0.493 e. The molecule has 1 atom stereocenters. The average molecular weight is 322 g/mol. The summed E-state index contributed by atoms with van der Waals surface area (Å²) in [5, 5.41) is 1.06. The van der Waals surface area contributed by atoms with Gasteiger partial charge in [-0.05, 0) is 25.5 Å². The van der Waals surface area contributed by atoms with Crippen LogP contribution >= 0.6 is 0 Å². The van der Waals surface area contributed by atoms with Crippen LogP contribution in [0.3, 0.4) is 0 Å². The van der Waals surface area contributed by atoms with Crippen molar-refractivity contribution in [1.82, 2.24) is 0 Å². The Bertz CT molecular complexity index is 894. The summed E-state index contributed by atoms with van der Waals surface area (Å²) >= 11 is 0. The number of aryl methyl sites for hydroxylation is 1. The van der Waals surface area contributed by atoms with Crippen LogP contribution in [0.4, 0.5) is 0 Å². The molecule has 4 rings (SSSR count). The molecule has 0 spiro atoms. The topological polar surface area (TPSA) is 48.7 Å². The zero-order chi connectivity index (χ0) is 16.5. The first kappa shape index (κ1) is 14.8. The van der Waals surface area contributed by atoms with Crippen molar-refractivity contribution in [2.24, 2.45) is 0 Å². The number of hydrogen-bond donors (Lipinski definition) is 0. The Morgan fingerprint density at radius 2 is 1.96 bits per heavy atom. The SMILES string of the molecule is Cc1c(COC(=O)C2CCOc3ccccc32)oc2ccccc12. The van der Waals surface area contributed by atoms with Gasteiger partial charge in [0.2, 0.25) is 0 Å². The molecule has 1 aliphatic rings. The van der Waals surface area contributed by atoms with Gasteiger partial charge in [-0.1, -0.05) is 36.4 Å². The van der Waals surface area contributed by atoms with Gasteiger partial charge in [0.05, 0.1) is 12.5 Å². The molecule has 1 aliphatic heterocycles. The molecule has 0 saturated heterocycles. The molecule has 0 N–H and O–H groups in total. The number of furan rings is 1. The zero-order valence-corrected chi connectivity index (χ0v) is 13.5. The van der Waals surface area contributed by atoms with Gasteiger partial charge >= 0.3 is 5.97 Å². The molecule has 0 amide bonds. The molecule has 4 nitrogen and oxygen atoms in total. The third kappa shape index (κ3) is 2.54. The quantitative estimate of drug-likeness (QED) is 0.673. The maximum Gasteiger partial charge on any atom is 0.314 e. The van der Waals surface area contributed by atoms with Crippen molar-refractivity contribution in [3.63, 3.8) is 0 Å². The molecule has 24 heavy (non-hydrogen) atoms. The standard InChI is InChI=1S/C20H18O4/c1-13-14-6-2-5-9-18(14)24-19(13)12-23-20(21)16-10-11-22-17-8-4-3-7-15(16)17/h2-9,16H,10-12H2,1H3. The van der Waals surface area contributed by atoms with Crippen LogP contribution < -0.4 is 4.74 Å². The molecule has 1 unspecified atom stereocenters. The minimum absolute atomic E-state index is 0.152. The number of rotatable bonds is 3. The van der Waals surface area contributed by atoms with E-state index in [1.165, 1.54) is 0 Å². The molecule has 0 radical (unpaired) electrons. The lowest BCUT2D eigenvalue weighted by atomic mass is 9.93. The second-order valence-corrected chi connectivity index (χ2v) is 5.98. The average Bonchev–Trinajstić information content (AvgIpc) is 2.95. The molecule has 3 aromatic rings. The molecule has 2 aromatic carbocycles. The number of ether oxygens (including phenoxy) is 2. The minimum atomic E-state index is -0.278. The molecule has 0 fully saturated rings. The Balaban J connectivity index is 1.52. The Kier molecular flexibility index (Phi) is 3.73. The lowest BCUT2D eigenvalue weighted by Crippen LogP contribution is -2.23. The molecule has 4 heteroatoms. The van der Waals surface area contributed by atoms with Gasteiger partial charge < -0.3 is 13.9 Å². The van der Waals surface area contributed by atoms with Crippen LogP contribution in [0, 0.1) is 6.92 Å². The summed E-state index contributed by atoms with van der Waals surface area (Å²) in [4.78, 5) is 12.5. The predicted molar refractivity (Wildman–Crippen MR) is 90.0 cm³/mol. The summed E-state index contributed by atoms with van der Waals surface area (Å²) in [6.45, 7) is 2.66. The van der Waals surface area contributed by atoms with E-state index < -0.39 is 0 Å². The van der Waals surface area contributed by atoms with Crippen molar-refractivity contribution >= 4 is 16.9 Å². The maximum atomic E-state index is 12.5. The fourth-order valence-electron chi connectivity index (χ4n) is 3.19. The number of carbonyl (C=O) groups is 1. The van der Waals surface area contributed by atoms with E-state index in [4.69, 9.17) is 13.9 Å². The molecule has 0 aliphatic carbocycles. The lowest BCUT2D eigenvalue weighted by Gasteiger charge is -2.24. The zero-order valence-electron chi connectivity index (χ0n) is 13.5. The molecular formula is C20H18O4. The first-order chi connectivity index (χ1) is 11.7. The van der Waals surface area contributed by atoms with Gasteiger partial charge in [0.15, 0.2) is 0 Å². The number of fused-ring (bicyclic) bond motifs is 2. The molecule has 1 aromatic heterocycles. The van der Waals surface area contributed by atoms with E-state index in [1.54, 1.807) is 0 Å². The predicted octanol–water partition coefficient (Wildman–Crippen LogP) is 4.35. The first-order valence-corrected chi connectivity index (χ1v) is 8.09. The highest BCUT2D eigenvalue weighted by Crippen LogP contribution is 2.34. The fourth-order valence-corrected chi connectivity index (χ4v) is 3.19. The largest absolute Gasteiger partial charge is 0.493 e. The van der Waals surface area contributed by atoms with E-state index in [9.17, 15) is 4.79 Å². The molecular weight excluding hydrogens is 304 g/mol. The fraction of sp³-hybridized carbons (Fsp3) is 0.250. The van der Waals surface area contributed by atoms with E-state index in [-0.39, 0.29) is 18.5 Å². The summed E-state index contributed by atoms with van der Waals surface area (Å²) in [5.74, 6) is 0.959. The third-order valence-corrected chi connectivity index (χ3v) is 4.53. The van der Waals surface area contributed by atoms with Gasteiger partial charge in [-0.2, -0.15) is 0 Å². The summed E-state index contributed by atoms with van der Waals surface area (Å²) in [5.41, 5.74) is 2.73. The van der Waals surface area contributed by atoms with Gasteiger partial charge in [0.1, 0.15) is 23.7 Å². The van der Waals surface area contributed by atoms with Crippen LogP contribution in [0.25, 0.3) is 11.0 Å². The van der Waals surface area contributed by atoms with Crippen molar-refractivity contribution in [1.29, 1.82) is 0 Å². The summed E-state index contributed by atoms with van der Waals surface area (Å²) in [6, 6.07) is 15.5. The van der Waals surface area contributed by atoms with Crippen molar-refractivity contribution in [3.8, 4) is 5.75 Å². The van der Waals surface area contributed by atoms with Crippen molar-refractivity contribution < 1.29 is 18.7 Å². The Morgan fingerprint density at radius 3 is 2.83 bits per heavy atom. The number of para-hydroxylation sites is 2. The van der Waals surface area contributed by atoms with Crippen LogP contribution in [0.15, 0.2) is 52.9 Å². The number of benzene rings is 2. The van der Waals surface area contributed by atoms with Crippen LogP contribution in [0.5, 0.6) is 5.75 Å². The monoisotopic (exact) mass is 322 g/mol. The Hall–Kier alpha value is -2.75. The van der Waals surface area contributed by atoms with Crippen LogP contribution in [0.2, 0.25) is 0 Å². The van der Waals surface area contributed by atoms with Crippen LogP contribution in [0.1, 0.15) is 29.2 Å². The lowest BCUT2D eigenvalue weighted by molar-refractivity contribution is -0.148. The number of carbonyl (C=O) groups excluding carboxylic acids is 1.